The van der Waals surface area contributed by atoms with E-state index in [2.05, 4.69) is 44.5 Å². The van der Waals surface area contributed by atoms with Gasteiger partial charge < -0.3 is 15.1 Å². The van der Waals surface area contributed by atoms with Crippen molar-refractivity contribution in [3.63, 3.8) is 0 Å². The van der Waals surface area contributed by atoms with E-state index in [-0.39, 0.29) is 17.9 Å². The molecule has 3 heterocycles. The Morgan fingerprint density at radius 1 is 1.10 bits per heavy atom. The van der Waals surface area contributed by atoms with E-state index in [9.17, 15) is 9.59 Å². The highest BCUT2D eigenvalue weighted by Crippen LogP contribution is 2.27. The maximum atomic E-state index is 12.8. The van der Waals surface area contributed by atoms with E-state index in [0.29, 0.717) is 18.7 Å². The van der Waals surface area contributed by atoms with Gasteiger partial charge in [-0.2, -0.15) is 0 Å². The number of fused-ring (bicyclic) bond motifs is 1. The lowest BCUT2D eigenvalue weighted by Gasteiger charge is -2.24. The van der Waals surface area contributed by atoms with Crippen LogP contribution in [0.2, 0.25) is 0 Å². The monoisotopic (exact) mass is 393 g/mol. The van der Waals surface area contributed by atoms with Crippen molar-refractivity contribution in [1.29, 1.82) is 0 Å². The van der Waals surface area contributed by atoms with E-state index in [1.54, 1.807) is 6.20 Å². The van der Waals surface area contributed by atoms with Gasteiger partial charge in [0.15, 0.2) is 0 Å². The van der Waals surface area contributed by atoms with E-state index in [1.807, 2.05) is 4.90 Å². The molecule has 29 heavy (non-hydrogen) atoms. The maximum absolute atomic E-state index is 12.8. The summed E-state index contributed by atoms with van der Waals surface area (Å²) in [5.74, 6) is 0.00542. The summed E-state index contributed by atoms with van der Waals surface area (Å²) in [4.78, 5) is 37.3. The molecule has 1 fully saturated rings. The Labute approximate surface area is 171 Å². The van der Waals surface area contributed by atoms with E-state index in [0.717, 1.165) is 45.3 Å². The molecule has 1 saturated heterocycles. The highest BCUT2D eigenvalue weighted by Gasteiger charge is 2.24. The molecule has 1 aromatic carbocycles. The topological polar surface area (TPSA) is 78.4 Å². The van der Waals surface area contributed by atoms with Gasteiger partial charge in [0.2, 0.25) is 5.91 Å². The summed E-state index contributed by atoms with van der Waals surface area (Å²) in [5, 5.41) is 3.03. The molecule has 7 nitrogen and oxygen atoms in total. The zero-order chi connectivity index (χ0) is 20.1. The van der Waals surface area contributed by atoms with E-state index < -0.39 is 0 Å². The quantitative estimate of drug-likeness (QED) is 0.841. The average molecular weight is 393 g/mol. The summed E-state index contributed by atoms with van der Waals surface area (Å²) in [6.07, 6.45) is 8.65. The zero-order valence-electron chi connectivity index (χ0n) is 16.6. The maximum Gasteiger partial charge on any atom is 0.271 e. The first-order chi connectivity index (χ1) is 14.2. The van der Waals surface area contributed by atoms with Crippen LogP contribution in [-0.2, 0) is 11.2 Å². The molecule has 152 valence electrons. The number of anilines is 1. The number of carbonyl (C=O) groups is 2. The van der Waals surface area contributed by atoms with Gasteiger partial charge in [0.1, 0.15) is 5.69 Å². The normalized spacial score (nSPS) is 18.8. The number of aromatic nitrogens is 2. The van der Waals surface area contributed by atoms with Gasteiger partial charge in [-0.3, -0.25) is 14.6 Å². The molecule has 2 aliphatic rings. The second kappa shape index (κ2) is 9.03. The van der Waals surface area contributed by atoms with Crippen LogP contribution in [0.25, 0.3) is 0 Å². The van der Waals surface area contributed by atoms with Crippen LogP contribution in [0.3, 0.4) is 0 Å². The van der Waals surface area contributed by atoms with Crippen LogP contribution in [-0.4, -0.2) is 58.9 Å². The number of amides is 2. The Kier molecular flexibility index (Phi) is 6.03. The second-order valence-electron chi connectivity index (χ2n) is 7.69. The SMILES string of the molecule is O=C(N[C@H]1CCCN(C(=O)CCN2CCc3ccccc32)CC1)c1cnccn1. The van der Waals surface area contributed by atoms with E-state index in [4.69, 9.17) is 0 Å². The predicted octanol–water partition coefficient (Wildman–Crippen LogP) is 2.04. The molecule has 2 aromatic rings. The lowest BCUT2D eigenvalue weighted by molar-refractivity contribution is -0.130. The second-order valence-corrected chi connectivity index (χ2v) is 7.69. The lowest BCUT2D eigenvalue weighted by Crippen LogP contribution is -2.38. The fraction of sp³-hybridized carbons (Fsp3) is 0.455. The molecule has 0 radical (unpaired) electrons. The van der Waals surface area contributed by atoms with Crippen molar-refractivity contribution in [2.75, 3.05) is 31.1 Å². The zero-order valence-corrected chi connectivity index (χ0v) is 16.6. The van der Waals surface area contributed by atoms with Crippen molar-refractivity contribution in [3.8, 4) is 0 Å². The molecular weight excluding hydrogens is 366 g/mol. The Morgan fingerprint density at radius 3 is 2.86 bits per heavy atom. The Hall–Kier alpha value is -2.96. The molecule has 0 spiro atoms. The minimum absolute atomic E-state index is 0.0627. The van der Waals surface area contributed by atoms with Crippen LogP contribution < -0.4 is 10.2 Å². The first kappa shape index (κ1) is 19.4. The van der Waals surface area contributed by atoms with Gasteiger partial charge in [-0.25, -0.2) is 4.98 Å². The fourth-order valence-electron chi connectivity index (χ4n) is 4.19. The number of hydrogen-bond acceptors (Lipinski definition) is 5. The van der Waals surface area contributed by atoms with Crippen molar-refractivity contribution in [1.82, 2.24) is 20.2 Å². The fourth-order valence-corrected chi connectivity index (χ4v) is 4.19. The largest absolute Gasteiger partial charge is 0.370 e. The summed E-state index contributed by atoms with van der Waals surface area (Å²) < 4.78 is 0. The summed E-state index contributed by atoms with van der Waals surface area (Å²) in [5.41, 5.74) is 2.97. The Morgan fingerprint density at radius 2 is 2.00 bits per heavy atom. The summed E-state index contributed by atoms with van der Waals surface area (Å²) >= 11 is 0. The summed E-state index contributed by atoms with van der Waals surface area (Å²) in [7, 11) is 0. The van der Waals surface area contributed by atoms with Crippen LogP contribution >= 0.6 is 0 Å². The number of carbonyl (C=O) groups excluding carboxylic acids is 2. The van der Waals surface area contributed by atoms with Gasteiger partial charge in [0, 0.05) is 56.7 Å². The van der Waals surface area contributed by atoms with E-state index in [1.165, 1.54) is 23.6 Å². The Bertz CT molecular complexity index is 857. The molecule has 0 bridgehead atoms. The number of nitrogens with one attached hydrogen (secondary N) is 1. The molecule has 0 saturated carbocycles. The van der Waals surface area contributed by atoms with Gasteiger partial charge in [-0.15, -0.1) is 0 Å². The van der Waals surface area contributed by atoms with Crippen LogP contribution in [0.15, 0.2) is 42.9 Å². The van der Waals surface area contributed by atoms with Crippen molar-refractivity contribution in [3.05, 3.63) is 54.1 Å². The van der Waals surface area contributed by atoms with E-state index >= 15 is 0 Å². The van der Waals surface area contributed by atoms with Crippen molar-refractivity contribution in [2.24, 2.45) is 0 Å². The predicted molar refractivity (Wildman–Crippen MR) is 111 cm³/mol. The molecule has 2 amide bonds. The van der Waals surface area contributed by atoms with Gasteiger partial charge in [-0.05, 0) is 37.3 Å². The molecule has 1 atom stereocenters. The van der Waals surface area contributed by atoms with Crippen molar-refractivity contribution in [2.45, 2.75) is 38.1 Å². The first-order valence-corrected chi connectivity index (χ1v) is 10.4. The van der Waals surface area contributed by atoms with Gasteiger partial charge >= 0.3 is 0 Å². The van der Waals surface area contributed by atoms with Gasteiger partial charge in [0.25, 0.3) is 5.91 Å². The van der Waals surface area contributed by atoms with Crippen molar-refractivity contribution < 1.29 is 9.59 Å². The molecule has 2 aliphatic heterocycles. The molecule has 4 rings (SSSR count). The van der Waals surface area contributed by atoms with Crippen LogP contribution in [0, 0.1) is 0 Å². The third-order valence-electron chi connectivity index (χ3n) is 5.79. The number of rotatable bonds is 5. The number of likely N-dealkylation sites (tertiary alicyclic amines) is 1. The highest BCUT2D eigenvalue weighted by atomic mass is 16.2. The number of nitrogens with zero attached hydrogens (tertiary/aromatic N) is 4. The molecule has 7 heteroatoms. The standard InChI is InChI=1S/C22H27N5O2/c28-21(9-15-26-13-7-17-4-1-2-6-20(17)26)27-12-3-5-18(8-14-27)25-22(29)19-16-23-10-11-24-19/h1-2,4,6,10-11,16,18H,3,5,7-9,12-15H2,(H,25,29)/t18-/m0/s1. The molecular formula is C22H27N5O2. The molecule has 1 aromatic heterocycles. The van der Waals surface area contributed by atoms with Crippen LogP contribution in [0.4, 0.5) is 5.69 Å². The van der Waals surface area contributed by atoms with Crippen LogP contribution in [0.1, 0.15) is 41.7 Å². The lowest BCUT2D eigenvalue weighted by atomic mass is 10.1. The van der Waals surface area contributed by atoms with Crippen LogP contribution in [0.5, 0.6) is 0 Å². The number of para-hydroxylation sites is 1. The number of hydrogen-bond donors (Lipinski definition) is 1. The molecule has 0 unspecified atom stereocenters. The summed E-state index contributed by atoms with van der Waals surface area (Å²) in [6.45, 7) is 3.19. The molecule has 0 aliphatic carbocycles. The smallest absolute Gasteiger partial charge is 0.271 e. The third-order valence-corrected chi connectivity index (χ3v) is 5.79. The minimum Gasteiger partial charge on any atom is -0.370 e. The van der Waals surface area contributed by atoms with Gasteiger partial charge in [-0.1, -0.05) is 18.2 Å². The minimum atomic E-state index is -0.199. The van der Waals surface area contributed by atoms with Crippen molar-refractivity contribution >= 4 is 17.5 Å². The Balaban J connectivity index is 1.25. The summed E-state index contributed by atoms with van der Waals surface area (Å²) in [6, 6.07) is 8.51. The first-order valence-electron chi connectivity index (χ1n) is 10.4. The number of benzene rings is 1. The highest BCUT2D eigenvalue weighted by molar-refractivity contribution is 5.92. The van der Waals surface area contributed by atoms with Gasteiger partial charge in [0.05, 0.1) is 6.20 Å². The molecule has 1 N–H and O–H groups in total. The average Bonchev–Trinajstić information content (AvgIpc) is 3.03. The third kappa shape index (κ3) is 4.72.